The minimum absolute atomic E-state index is 0.278. The van der Waals surface area contributed by atoms with E-state index >= 15 is 0 Å². The quantitative estimate of drug-likeness (QED) is 0.842. The van der Waals surface area contributed by atoms with Crippen molar-refractivity contribution in [3.63, 3.8) is 0 Å². The lowest BCUT2D eigenvalue weighted by molar-refractivity contribution is -0.307. The highest BCUT2D eigenvalue weighted by atomic mass is 32.1. The number of rotatable bonds is 4. The van der Waals surface area contributed by atoms with E-state index in [-0.39, 0.29) is 5.82 Å². The number of anilines is 1. The van der Waals surface area contributed by atoms with Crippen LogP contribution >= 0.6 is 11.5 Å². The first-order valence-electron chi connectivity index (χ1n) is 6.68. The van der Waals surface area contributed by atoms with Crippen LogP contribution in [-0.4, -0.2) is 27.9 Å². The van der Waals surface area contributed by atoms with Crippen LogP contribution in [0.25, 0.3) is 0 Å². The Morgan fingerprint density at radius 2 is 2.19 bits per heavy atom. The third kappa shape index (κ3) is 3.02. The number of halogens is 1. The largest absolute Gasteiger partial charge is 0.548 e. The van der Waals surface area contributed by atoms with Gasteiger partial charge in [0.15, 0.2) is 0 Å². The molecule has 2 heterocycles. The Morgan fingerprint density at radius 3 is 2.90 bits per heavy atom. The van der Waals surface area contributed by atoms with Crippen molar-refractivity contribution in [1.29, 1.82) is 0 Å². The van der Waals surface area contributed by atoms with Crippen LogP contribution in [0.5, 0.6) is 0 Å². The topological polar surface area (TPSA) is 69.2 Å². The minimum Gasteiger partial charge on any atom is -0.548 e. The smallest absolute Gasteiger partial charge is 0.205 e. The number of aromatic nitrogens is 2. The minimum atomic E-state index is -1.07. The molecule has 0 saturated carbocycles. The maximum atomic E-state index is 12.9. The molecule has 1 atom stereocenters. The Balaban J connectivity index is 1.74. The van der Waals surface area contributed by atoms with Gasteiger partial charge in [-0.15, -0.1) is 0 Å². The van der Waals surface area contributed by atoms with Gasteiger partial charge in [0.2, 0.25) is 5.13 Å². The summed E-state index contributed by atoms with van der Waals surface area (Å²) in [6.45, 7) is 0.657. The molecule has 3 rings (SSSR count). The number of nitrogens with zero attached hydrogens (tertiary/aromatic N) is 3. The summed E-state index contributed by atoms with van der Waals surface area (Å²) in [6, 6.07) is 5.56. The van der Waals surface area contributed by atoms with Crippen molar-refractivity contribution in [2.75, 3.05) is 11.4 Å². The molecule has 1 aromatic heterocycles. The number of aliphatic carboxylic acids is 1. The van der Waals surface area contributed by atoms with E-state index in [4.69, 9.17) is 0 Å². The Labute approximate surface area is 125 Å². The van der Waals surface area contributed by atoms with Gasteiger partial charge in [-0.25, -0.2) is 9.37 Å². The van der Waals surface area contributed by atoms with Gasteiger partial charge in [0.25, 0.3) is 0 Å². The summed E-state index contributed by atoms with van der Waals surface area (Å²) in [5, 5.41) is 11.7. The van der Waals surface area contributed by atoms with Crippen molar-refractivity contribution in [3.8, 4) is 0 Å². The zero-order valence-electron chi connectivity index (χ0n) is 11.2. The highest BCUT2D eigenvalue weighted by Crippen LogP contribution is 2.27. The standard InChI is InChI=1S/C14H14FN3O2S/c15-10-5-3-9(4-6-10)8-12-16-14(21-17-12)18-7-1-2-11(18)13(19)20/h3-6,11H,1-2,7-8H2,(H,19,20)/p-1/t11-/m0/s1. The van der Waals surface area contributed by atoms with Crippen LogP contribution in [0.4, 0.5) is 9.52 Å². The molecule has 0 aliphatic carbocycles. The number of hydrogen-bond donors (Lipinski definition) is 0. The van der Waals surface area contributed by atoms with Crippen LogP contribution in [0.3, 0.4) is 0 Å². The summed E-state index contributed by atoms with van der Waals surface area (Å²) < 4.78 is 17.1. The van der Waals surface area contributed by atoms with E-state index in [1.807, 2.05) is 0 Å². The van der Waals surface area contributed by atoms with Crippen LogP contribution < -0.4 is 10.0 Å². The molecule has 1 aliphatic heterocycles. The van der Waals surface area contributed by atoms with Crippen molar-refractivity contribution >= 4 is 22.6 Å². The lowest BCUT2D eigenvalue weighted by Gasteiger charge is -2.23. The molecule has 1 aromatic carbocycles. The van der Waals surface area contributed by atoms with E-state index in [0.29, 0.717) is 30.3 Å². The monoisotopic (exact) mass is 306 g/mol. The van der Waals surface area contributed by atoms with Gasteiger partial charge in [-0.05, 0) is 30.5 Å². The van der Waals surface area contributed by atoms with Gasteiger partial charge in [-0.3, -0.25) is 0 Å². The van der Waals surface area contributed by atoms with Crippen LogP contribution in [0.15, 0.2) is 24.3 Å². The zero-order chi connectivity index (χ0) is 14.8. The van der Waals surface area contributed by atoms with Crippen LogP contribution in [0.1, 0.15) is 24.2 Å². The molecule has 7 heteroatoms. The first kappa shape index (κ1) is 13.9. The number of benzene rings is 1. The third-order valence-corrected chi connectivity index (χ3v) is 4.29. The van der Waals surface area contributed by atoms with Crippen molar-refractivity contribution in [1.82, 2.24) is 9.36 Å². The first-order chi connectivity index (χ1) is 10.1. The first-order valence-corrected chi connectivity index (χ1v) is 7.45. The molecule has 0 amide bonds. The summed E-state index contributed by atoms with van der Waals surface area (Å²) in [5.41, 5.74) is 0.915. The molecular formula is C14H13FN3O2S-. The maximum absolute atomic E-state index is 12.9. The number of hydrogen-bond acceptors (Lipinski definition) is 6. The Hall–Kier alpha value is -2.02. The number of carbonyl (C=O) groups is 1. The van der Waals surface area contributed by atoms with Crippen LogP contribution in [0, 0.1) is 5.82 Å². The van der Waals surface area contributed by atoms with Gasteiger partial charge in [0, 0.05) is 24.5 Å². The fraction of sp³-hybridized carbons (Fsp3) is 0.357. The summed E-state index contributed by atoms with van der Waals surface area (Å²) in [5.74, 6) is -0.729. The number of carbonyl (C=O) groups excluding carboxylic acids is 1. The number of carboxylic acid groups (broad SMARTS) is 1. The third-order valence-electron chi connectivity index (χ3n) is 3.50. The van der Waals surface area contributed by atoms with Gasteiger partial charge >= 0.3 is 0 Å². The van der Waals surface area contributed by atoms with Gasteiger partial charge in [0.1, 0.15) is 11.6 Å². The van der Waals surface area contributed by atoms with Crippen molar-refractivity contribution in [2.24, 2.45) is 0 Å². The molecule has 5 nitrogen and oxygen atoms in total. The summed E-state index contributed by atoms with van der Waals surface area (Å²) in [4.78, 5) is 17.2. The number of carboxylic acids is 1. The van der Waals surface area contributed by atoms with E-state index in [1.165, 1.54) is 23.7 Å². The van der Waals surface area contributed by atoms with Crippen molar-refractivity contribution < 1.29 is 14.3 Å². The predicted octanol–water partition coefficient (Wildman–Crippen LogP) is 0.987. The molecule has 0 N–H and O–H groups in total. The SMILES string of the molecule is O=C([O-])[C@@H]1CCCN1c1nc(Cc2ccc(F)cc2)ns1. The van der Waals surface area contributed by atoms with E-state index in [2.05, 4.69) is 9.36 Å². The summed E-state index contributed by atoms with van der Waals surface area (Å²) in [7, 11) is 0. The second-order valence-electron chi connectivity index (χ2n) is 4.97. The van der Waals surface area contributed by atoms with E-state index in [9.17, 15) is 14.3 Å². The summed E-state index contributed by atoms with van der Waals surface area (Å²) >= 11 is 1.19. The van der Waals surface area contributed by atoms with E-state index in [0.717, 1.165) is 12.0 Å². The lowest BCUT2D eigenvalue weighted by Crippen LogP contribution is -2.44. The summed E-state index contributed by atoms with van der Waals surface area (Å²) in [6.07, 6.45) is 1.89. The maximum Gasteiger partial charge on any atom is 0.205 e. The predicted molar refractivity (Wildman–Crippen MR) is 74.5 cm³/mol. The van der Waals surface area contributed by atoms with E-state index < -0.39 is 12.0 Å². The van der Waals surface area contributed by atoms with Gasteiger partial charge in [-0.1, -0.05) is 12.1 Å². The van der Waals surface area contributed by atoms with Crippen LogP contribution in [-0.2, 0) is 11.2 Å². The van der Waals surface area contributed by atoms with Crippen molar-refractivity contribution in [2.45, 2.75) is 25.3 Å². The molecule has 1 saturated heterocycles. The average molecular weight is 306 g/mol. The molecule has 21 heavy (non-hydrogen) atoms. The average Bonchev–Trinajstić information content (AvgIpc) is 3.09. The molecule has 2 aromatic rings. The normalized spacial score (nSPS) is 18.1. The zero-order valence-corrected chi connectivity index (χ0v) is 12.0. The second-order valence-corrected chi connectivity index (χ2v) is 5.70. The molecule has 1 fully saturated rings. The fourth-order valence-electron chi connectivity index (χ4n) is 2.46. The highest BCUT2D eigenvalue weighted by molar-refractivity contribution is 7.09. The Morgan fingerprint density at radius 1 is 1.43 bits per heavy atom. The molecule has 1 aliphatic rings. The van der Waals surface area contributed by atoms with Crippen LogP contribution in [0.2, 0.25) is 0 Å². The van der Waals surface area contributed by atoms with Gasteiger partial charge in [-0.2, -0.15) is 4.37 Å². The molecule has 0 unspecified atom stereocenters. The Kier molecular flexibility index (Phi) is 3.83. The molecule has 0 spiro atoms. The van der Waals surface area contributed by atoms with Gasteiger partial charge in [0.05, 0.1) is 12.0 Å². The van der Waals surface area contributed by atoms with Gasteiger partial charge < -0.3 is 14.8 Å². The Bertz CT molecular complexity index is 644. The second kappa shape index (κ2) is 5.77. The molecule has 0 bridgehead atoms. The molecule has 110 valence electrons. The molecular weight excluding hydrogens is 293 g/mol. The highest BCUT2D eigenvalue weighted by Gasteiger charge is 2.28. The van der Waals surface area contributed by atoms with Crippen molar-refractivity contribution in [3.05, 3.63) is 41.5 Å². The lowest BCUT2D eigenvalue weighted by atomic mass is 10.1. The molecule has 0 radical (unpaired) electrons. The van der Waals surface area contributed by atoms with E-state index in [1.54, 1.807) is 17.0 Å². The fourth-order valence-corrected chi connectivity index (χ4v) is 3.22.